The van der Waals surface area contributed by atoms with Crippen LogP contribution in [0.15, 0.2) is 17.0 Å². The van der Waals surface area contributed by atoms with E-state index in [1.165, 1.54) is 11.3 Å². The Morgan fingerprint density at radius 2 is 2.14 bits per heavy atom. The molecular formula is C15H17N5OS. The van der Waals surface area contributed by atoms with E-state index < -0.39 is 0 Å². The van der Waals surface area contributed by atoms with E-state index in [0.717, 1.165) is 17.1 Å². The summed E-state index contributed by atoms with van der Waals surface area (Å²) in [6.07, 6.45) is 0. The maximum Gasteiger partial charge on any atom is 0.259 e. The fraction of sp³-hybridized carbons (Fsp3) is 0.333. The summed E-state index contributed by atoms with van der Waals surface area (Å²) >= 11 is 1.52. The van der Waals surface area contributed by atoms with E-state index in [2.05, 4.69) is 15.1 Å². The molecule has 3 aromatic heterocycles. The number of rotatable bonds is 3. The molecule has 0 aromatic carbocycles. The second-order valence-electron chi connectivity index (χ2n) is 5.38. The summed E-state index contributed by atoms with van der Waals surface area (Å²) in [5.41, 5.74) is 6.36. The van der Waals surface area contributed by atoms with Crippen molar-refractivity contribution in [2.45, 2.75) is 27.3 Å². The highest BCUT2D eigenvalue weighted by molar-refractivity contribution is 7.07. The highest BCUT2D eigenvalue weighted by Crippen LogP contribution is 2.18. The molecule has 0 aliphatic rings. The lowest BCUT2D eigenvalue weighted by Crippen LogP contribution is -2.27. The lowest BCUT2D eigenvalue weighted by molar-refractivity contribution is 0.0784. The number of hydrogen-bond donors (Lipinski definition) is 0. The van der Waals surface area contributed by atoms with Gasteiger partial charge in [0.15, 0.2) is 5.65 Å². The maximum absolute atomic E-state index is 12.8. The molecule has 0 bridgehead atoms. The zero-order valence-electron chi connectivity index (χ0n) is 13.0. The summed E-state index contributed by atoms with van der Waals surface area (Å²) in [5, 5.41) is 6.39. The van der Waals surface area contributed by atoms with E-state index in [9.17, 15) is 4.79 Å². The molecule has 3 heterocycles. The van der Waals surface area contributed by atoms with Gasteiger partial charge in [-0.2, -0.15) is 5.10 Å². The number of fused-ring (bicyclic) bond motifs is 1. The fourth-order valence-electron chi connectivity index (χ4n) is 2.50. The first-order valence-electron chi connectivity index (χ1n) is 6.93. The van der Waals surface area contributed by atoms with Crippen molar-refractivity contribution in [1.82, 2.24) is 24.5 Å². The fourth-order valence-corrected chi connectivity index (χ4v) is 3.05. The Labute approximate surface area is 132 Å². The van der Waals surface area contributed by atoms with Crippen LogP contribution in [0, 0.1) is 20.8 Å². The van der Waals surface area contributed by atoms with Crippen molar-refractivity contribution in [2.24, 2.45) is 0 Å². The molecule has 0 fully saturated rings. The average Bonchev–Trinajstić information content (AvgIpc) is 3.05. The van der Waals surface area contributed by atoms with Crippen LogP contribution in [-0.4, -0.2) is 37.4 Å². The van der Waals surface area contributed by atoms with Crippen LogP contribution in [0.4, 0.5) is 0 Å². The molecule has 0 aliphatic carbocycles. The Bertz CT molecular complexity index is 837. The van der Waals surface area contributed by atoms with Gasteiger partial charge in [-0.3, -0.25) is 4.79 Å². The first-order valence-corrected chi connectivity index (χ1v) is 7.87. The molecule has 0 atom stereocenters. The molecule has 114 valence electrons. The highest BCUT2D eigenvalue weighted by atomic mass is 32.1. The Kier molecular flexibility index (Phi) is 3.66. The molecular weight excluding hydrogens is 298 g/mol. The Morgan fingerprint density at radius 1 is 1.36 bits per heavy atom. The summed E-state index contributed by atoms with van der Waals surface area (Å²) in [6, 6.07) is 1.95. The number of aromatic nitrogens is 4. The van der Waals surface area contributed by atoms with Crippen LogP contribution in [0.3, 0.4) is 0 Å². The van der Waals surface area contributed by atoms with Gasteiger partial charge < -0.3 is 4.90 Å². The normalized spacial score (nSPS) is 11.1. The molecule has 0 spiro atoms. The number of thiazole rings is 1. The van der Waals surface area contributed by atoms with Gasteiger partial charge in [-0.25, -0.2) is 14.5 Å². The molecule has 1 amide bonds. The lowest BCUT2D eigenvalue weighted by atomic mass is 10.2. The third kappa shape index (κ3) is 2.48. The van der Waals surface area contributed by atoms with Gasteiger partial charge in [0.1, 0.15) is 5.56 Å². The number of carbonyl (C=O) groups is 1. The van der Waals surface area contributed by atoms with Crippen LogP contribution in [0.5, 0.6) is 0 Å². The number of amides is 1. The molecule has 0 unspecified atom stereocenters. The average molecular weight is 315 g/mol. The zero-order valence-corrected chi connectivity index (χ0v) is 13.8. The summed E-state index contributed by atoms with van der Waals surface area (Å²) in [7, 11) is 1.77. The first-order chi connectivity index (χ1) is 10.5. The van der Waals surface area contributed by atoms with E-state index >= 15 is 0 Å². The van der Waals surface area contributed by atoms with Crippen LogP contribution < -0.4 is 0 Å². The minimum Gasteiger partial charge on any atom is -0.336 e. The Morgan fingerprint density at radius 3 is 2.82 bits per heavy atom. The standard InChI is InChI=1S/C15H17N5OS/c1-9-5-10(2)20-14(17-9)13(11(3)18-20)15(21)19(4)6-12-7-22-8-16-12/h5,7-8H,6H2,1-4H3. The predicted molar refractivity (Wildman–Crippen MR) is 85.1 cm³/mol. The molecule has 3 aromatic rings. The van der Waals surface area contributed by atoms with Crippen molar-refractivity contribution in [2.75, 3.05) is 7.05 Å². The van der Waals surface area contributed by atoms with Gasteiger partial charge in [0.2, 0.25) is 0 Å². The van der Waals surface area contributed by atoms with Crippen LogP contribution in [0.25, 0.3) is 5.65 Å². The van der Waals surface area contributed by atoms with Gasteiger partial charge in [0.05, 0.1) is 23.4 Å². The summed E-state index contributed by atoms with van der Waals surface area (Å²) in [6.45, 7) is 6.20. The lowest BCUT2D eigenvalue weighted by Gasteiger charge is -2.15. The van der Waals surface area contributed by atoms with Gasteiger partial charge >= 0.3 is 0 Å². The number of aryl methyl sites for hydroxylation is 3. The van der Waals surface area contributed by atoms with Gasteiger partial charge in [0.25, 0.3) is 5.91 Å². The molecule has 0 N–H and O–H groups in total. The second kappa shape index (κ2) is 5.49. The Hall–Kier alpha value is -2.28. The number of carbonyl (C=O) groups excluding carboxylic acids is 1. The SMILES string of the molecule is Cc1cc(C)n2nc(C)c(C(=O)N(C)Cc3cscn3)c2n1. The predicted octanol–water partition coefficient (Wildman–Crippen LogP) is 2.38. The van der Waals surface area contributed by atoms with Crippen molar-refractivity contribution >= 4 is 22.9 Å². The van der Waals surface area contributed by atoms with Gasteiger partial charge in [-0.1, -0.05) is 0 Å². The zero-order chi connectivity index (χ0) is 15.9. The largest absolute Gasteiger partial charge is 0.336 e. The van der Waals surface area contributed by atoms with Crippen LogP contribution in [-0.2, 0) is 6.54 Å². The number of hydrogen-bond acceptors (Lipinski definition) is 5. The van der Waals surface area contributed by atoms with E-state index in [1.807, 2.05) is 32.2 Å². The summed E-state index contributed by atoms with van der Waals surface area (Å²) in [4.78, 5) is 23.2. The molecule has 22 heavy (non-hydrogen) atoms. The van der Waals surface area contributed by atoms with E-state index in [4.69, 9.17) is 0 Å². The van der Waals surface area contributed by atoms with Crippen molar-refractivity contribution in [3.63, 3.8) is 0 Å². The van der Waals surface area contributed by atoms with Crippen LogP contribution in [0.1, 0.15) is 33.1 Å². The first kappa shape index (κ1) is 14.6. The van der Waals surface area contributed by atoms with Crippen LogP contribution in [0.2, 0.25) is 0 Å². The minimum atomic E-state index is -0.0852. The molecule has 0 aliphatic heterocycles. The van der Waals surface area contributed by atoms with Crippen molar-refractivity contribution in [1.29, 1.82) is 0 Å². The maximum atomic E-state index is 12.8. The second-order valence-corrected chi connectivity index (χ2v) is 6.09. The molecule has 0 radical (unpaired) electrons. The van der Waals surface area contributed by atoms with E-state index in [1.54, 1.807) is 22.0 Å². The molecule has 0 saturated carbocycles. The highest BCUT2D eigenvalue weighted by Gasteiger charge is 2.23. The Balaban J connectivity index is 2.02. The van der Waals surface area contributed by atoms with E-state index in [0.29, 0.717) is 23.4 Å². The summed E-state index contributed by atoms with van der Waals surface area (Å²) < 4.78 is 1.73. The van der Waals surface area contributed by atoms with Gasteiger partial charge in [-0.15, -0.1) is 11.3 Å². The number of nitrogens with zero attached hydrogens (tertiary/aromatic N) is 5. The monoisotopic (exact) mass is 315 g/mol. The topological polar surface area (TPSA) is 63.4 Å². The molecule has 0 saturated heterocycles. The van der Waals surface area contributed by atoms with Gasteiger partial charge in [0, 0.05) is 23.8 Å². The third-order valence-corrected chi connectivity index (χ3v) is 4.15. The van der Waals surface area contributed by atoms with Crippen LogP contribution >= 0.6 is 11.3 Å². The summed E-state index contributed by atoms with van der Waals surface area (Å²) in [5.74, 6) is -0.0852. The smallest absolute Gasteiger partial charge is 0.259 e. The van der Waals surface area contributed by atoms with Crippen molar-refractivity contribution < 1.29 is 4.79 Å². The molecule has 6 nitrogen and oxygen atoms in total. The van der Waals surface area contributed by atoms with Crippen molar-refractivity contribution in [3.8, 4) is 0 Å². The van der Waals surface area contributed by atoms with Gasteiger partial charge in [-0.05, 0) is 26.8 Å². The minimum absolute atomic E-state index is 0.0852. The molecule has 7 heteroatoms. The van der Waals surface area contributed by atoms with Crippen molar-refractivity contribution in [3.05, 3.63) is 45.3 Å². The third-order valence-electron chi connectivity index (χ3n) is 3.51. The quantitative estimate of drug-likeness (QED) is 0.744. The van der Waals surface area contributed by atoms with E-state index in [-0.39, 0.29) is 5.91 Å². The molecule has 3 rings (SSSR count).